The second-order valence-corrected chi connectivity index (χ2v) is 6.75. The molecule has 0 saturated carbocycles. The van der Waals surface area contributed by atoms with Crippen LogP contribution in [0.3, 0.4) is 0 Å². The summed E-state index contributed by atoms with van der Waals surface area (Å²) in [6.07, 6.45) is 2.80. The standard InChI is InChI=1S/C21H19ClN2O3/c1-3-27-19-11-13(4-7-18(19)26-2)10-14-8-9-24-20(14)23-17-12-15(22)5-6-16(17)21(24)25/h4-7,10-12H,3,8-9H2,1-2H3/b14-10+. The molecule has 2 heterocycles. The van der Waals surface area contributed by atoms with Crippen molar-refractivity contribution in [3.8, 4) is 11.5 Å². The average molecular weight is 383 g/mol. The van der Waals surface area contributed by atoms with E-state index in [0.717, 1.165) is 17.6 Å². The van der Waals surface area contributed by atoms with Gasteiger partial charge >= 0.3 is 0 Å². The van der Waals surface area contributed by atoms with E-state index in [1.807, 2.05) is 31.2 Å². The summed E-state index contributed by atoms with van der Waals surface area (Å²) in [6.45, 7) is 3.12. The van der Waals surface area contributed by atoms with E-state index in [0.29, 0.717) is 46.4 Å². The Kier molecular flexibility index (Phi) is 4.62. The van der Waals surface area contributed by atoms with E-state index in [4.69, 9.17) is 26.1 Å². The Bertz CT molecular complexity index is 1120. The number of methoxy groups -OCH3 is 1. The van der Waals surface area contributed by atoms with Crippen LogP contribution < -0.4 is 15.0 Å². The Morgan fingerprint density at radius 1 is 1.22 bits per heavy atom. The zero-order valence-corrected chi connectivity index (χ0v) is 15.9. The lowest BCUT2D eigenvalue weighted by Crippen LogP contribution is -2.20. The normalized spacial score (nSPS) is 14.6. The number of fused-ring (bicyclic) bond motifs is 2. The zero-order chi connectivity index (χ0) is 19.0. The van der Waals surface area contributed by atoms with Gasteiger partial charge in [-0.3, -0.25) is 9.36 Å². The largest absolute Gasteiger partial charge is 0.493 e. The fraction of sp³-hybridized carbons (Fsp3) is 0.238. The van der Waals surface area contributed by atoms with E-state index >= 15 is 0 Å². The summed E-state index contributed by atoms with van der Waals surface area (Å²) in [6, 6.07) is 11.0. The summed E-state index contributed by atoms with van der Waals surface area (Å²) in [5, 5.41) is 1.16. The molecule has 1 aliphatic rings. The highest BCUT2D eigenvalue weighted by atomic mass is 35.5. The van der Waals surface area contributed by atoms with Gasteiger partial charge in [0.25, 0.3) is 5.56 Å². The van der Waals surface area contributed by atoms with E-state index in [2.05, 4.69) is 0 Å². The molecule has 2 aromatic carbocycles. The van der Waals surface area contributed by atoms with Crippen LogP contribution in [0.1, 0.15) is 24.7 Å². The Balaban J connectivity index is 1.81. The molecule has 0 spiro atoms. The highest BCUT2D eigenvalue weighted by Crippen LogP contribution is 2.32. The van der Waals surface area contributed by atoms with Crippen LogP contribution in [-0.2, 0) is 6.54 Å². The predicted molar refractivity (Wildman–Crippen MR) is 108 cm³/mol. The lowest BCUT2D eigenvalue weighted by molar-refractivity contribution is 0.311. The van der Waals surface area contributed by atoms with Crippen molar-refractivity contribution in [3.05, 3.63) is 63.2 Å². The van der Waals surface area contributed by atoms with Crippen LogP contribution in [0.4, 0.5) is 0 Å². The van der Waals surface area contributed by atoms with E-state index in [-0.39, 0.29) is 5.56 Å². The lowest BCUT2D eigenvalue weighted by atomic mass is 10.1. The number of nitrogens with zero attached hydrogens (tertiary/aromatic N) is 2. The maximum Gasteiger partial charge on any atom is 0.261 e. The monoisotopic (exact) mass is 382 g/mol. The van der Waals surface area contributed by atoms with Gasteiger partial charge in [0.1, 0.15) is 5.82 Å². The molecule has 3 aromatic rings. The van der Waals surface area contributed by atoms with Gasteiger partial charge < -0.3 is 9.47 Å². The minimum absolute atomic E-state index is 0.0280. The molecule has 1 aliphatic heterocycles. The fourth-order valence-electron chi connectivity index (χ4n) is 3.38. The maximum absolute atomic E-state index is 12.8. The number of allylic oxidation sites excluding steroid dienone is 1. The first-order valence-electron chi connectivity index (χ1n) is 8.82. The van der Waals surface area contributed by atoms with Crippen LogP contribution in [-0.4, -0.2) is 23.3 Å². The van der Waals surface area contributed by atoms with Crippen molar-refractivity contribution in [3.63, 3.8) is 0 Å². The topological polar surface area (TPSA) is 53.4 Å². The van der Waals surface area contributed by atoms with Gasteiger partial charge in [-0.1, -0.05) is 17.7 Å². The van der Waals surface area contributed by atoms with Crippen LogP contribution in [0.2, 0.25) is 5.02 Å². The fourth-order valence-corrected chi connectivity index (χ4v) is 3.55. The predicted octanol–water partition coefficient (Wildman–Crippen LogP) is 4.40. The maximum atomic E-state index is 12.8. The van der Waals surface area contributed by atoms with E-state index in [1.54, 1.807) is 29.9 Å². The molecule has 0 unspecified atom stereocenters. The van der Waals surface area contributed by atoms with Gasteiger partial charge in [0.05, 0.1) is 24.6 Å². The second-order valence-electron chi connectivity index (χ2n) is 6.32. The first-order chi connectivity index (χ1) is 13.1. The Labute approximate surface area is 161 Å². The van der Waals surface area contributed by atoms with Crippen LogP contribution in [0.15, 0.2) is 41.2 Å². The first kappa shape index (κ1) is 17.6. The molecule has 0 bridgehead atoms. The quantitative estimate of drug-likeness (QED) is 0.671. The van der Waals surface area contributed by atoms with Gasteiger partial charge in [0, 0.05) is 11.6 Å². The van der Waals surface area contributed by atoms with Crippen LogP contribution in [0.5, 0.6) is 11.5 Å². The summed E-state index contributed by atoms with van der Waals surface area (Å²) in [5.74, 6) is 2.09. The Morgan fingerprint density at radius 3 is 2.85 bits per heavy atom. The zero-order valence-electron chi connectivity index (χ0n) is 15.2. The Morgan fingerprint density at radius 2 is 2.07 bits per heavy atom. The van der Waals surface area contributed by atoms with Crippen molar-refractivity contribution in [2.24, 2.45) is 0 Å². The number of hydrogen-bond donors (Lipinski definition) is 0. The molecule has 0 saturated heterocycles. The number of benzene rings is 2. The Hall–Kier alpha value is -2.79. The molecule has 5 nitrogen and oxygen atoms in total. The third-order valence-electron chi connectivity index (χ3n) is 4.64. The van der Waals surface area contributed by atoms with E-state index in [1.165, 1.54) is 0 Å². The minimum atomic E-state index is -0.0280. The number of ether oxygens (including phenoxy) is 2. The van der Waals surface area contributed by atoms with Crippen LogP contribution >= 0.6 is 11.6 Å². The van der Waals surface area contributed by atoms with Crippen molar-refractivity contribution < 1.29 is 9.47 Å². The van der Waals surface area contributed by atoms with Crippen molar-refractivity contribution in [2.75, 3.05) is 13.7 Å². The highest BCUT2D eigenvalue weighted by Gasteiger charge is 2.21. The van der Waals surface area contributed by atoms with Gasteiger partial charge in [-0.15, -0.1) is 0 Å². The number of hydrogen-bond acceptors (Lipinski definition) is 4. The molecule has 0 amide bonds. The lowest BCUT2D eigenvalue weighted by Gasteiger charge is -2.10. The SMILES string of the molecule is CCOc1cc(/C=C2\CCn3c2nc2cc(Cl)ccc2c3=O)ccc1OC. The molecular formula is C21H19ClN2O3. The summed E-state index contributed by atoms with van der Waals surface area (Å²) in [7, 11) is 1.62. The minimum Gasteiger partial charge on any atom is -0.493 e. The molecule has 138 valence electrons. The molecule has 0 fully saturated rings. The number of aromatic nitrogens is 2. The van der Waals surface area contributed by atoms with Crippen molar-refractivity contribution >= 4 is 34.2 Å². The van der Waals surface area contributed by atoms with Gasteiger partial charge in [0.2, 0.25) is 0 Å². The number of halogens is 1. The third-order valence-corrected chi connectivity index (χ3v) is 4.87. The van der Waals surface area contributed by atoms with Gasteiger partial charge in [-0.25, -0.2) is 4.98 Å². The summed E-state index contributed by atoms with van der Waals surface area (Å²) in [4.78, 5) is 17.5. The average Bonchev–Trinajstić information content (AvgIpc) is 3.05. The summed E-state index contributed by atoms with van der Waals surface area (Å²) in [5.41, 5.74) is 2.58. The molecule has 27 heavy (non-hydrogen) atoms. The summed E-state index contributed by atoms with van der Waals surface area (Å²) < 4.78 is 12.7. The van der Waals surface area contributed by atoms with Crippen molar-refractivity contribution in [1.29, 1.82) is 0 Å². The molecule has 4 rings (SSSR count). The molecule has 1 aromatic heterocycles. The van der Waals surface area contributed by atoms with E-state index in [9.17, 15) is 4.79 Å². The molecular weight excluding hydrogens is 364 g/mol. The molecule has 6 heteroatoms. The molecule has 0 atom stereocenters. The van der Waals surface area contributed by atoms with Gasteiger partial charge in [0.15, 0.2) is 11.5 Å². The third kappa shape index (κ3) is 3.19. The molecule has 0 radical (unpaired) electrons. The molecule has 0 aliphatic carbocycles. The smallest absolute Gasteiger partial charge is 0.261 e. The van der Waals surface area contributed by atoms with Crippen molar-refractivity contribution in [2.45, 2.75) is 19.9 Å². The summed E-state index contributed by atoms with van der Waals surface area (Å²) >= 11 is 6.07. The van der Waals surface area contributed by atoms with Gasteiger partial charge in [-0.2, -0.15) is 0 Å². The van der Waals surface area contributed by atoms with Crippen LogP contribution in [0, 0.1) is 0 Å². The molecule has 0 N–H and O–H groups in total. The number of rotatable bonds is 4. The van der Waals surface area contributed by atoms with Crippen LogP contribution in [0.25, 0.3) is 22.6 Å². The first-order valence-corrected chi connectivity index (χ1v) is 9.20. The van der Waals surface area contributed by atoms with E-state index < -0.39 is 0 Å². The highest BCUT2D eigenvalue weighted by molar-refractivity contribution is 6.31. The van der Waals surface area contributed by atoms with Gasteiger partial charge in [-0.05, 0) is 60.9 Å². The second kappa shape index (κ2) is 7.08. The van der Waals surface area contributed by atoms with Crippen molar-refractivity contribution in [1.82, 2.24) is 9.55 Å².